The van der Waals surface area contributed by atoms with Crippen LogP contribution in [0.4, 0.5) is 0 Å². The highest BCUT2D eigenvalue weighted by atomic mass is 16.5. The van der Waals surface area contributed by atoms with Gasteiger partial charge in [-0.05, 0) is 12.8 Å². The maximum atomic E-state index is 12.6. The lowest BCUT2D eigenvalue weighted by molar-refractivity contribution is -0.148. The average molecular weight is 279 g/mol. The van der Waals surface area contributed by atoms with E-state index in [1.165, 1.54) is 0 Å². The molecule has 4 aliphatic rings. The summed E-state index contributed by atoms with van der Waals surface area (Å²) in [6.45, 7) is 1.75. The van der Waals surface area contributed by atoms with Gasteiger partial charge in [0.15, 0.2) is 0 Å². The molecule has 2 bridgehead atoms. The van der Waals surface area contributed by atoms with Gasteiger partial charge in [-0.25, -0.2) is 0 Å². The quantitative estimate of drug-likeness (QED) is 0.738. The van der Waals surface area contributed by atoms with Gasteiger partial charge in [-0.15, -0.1) is 0 Å². The summed E-state index contributed by atoms with van der Waals surface area (Å²) in [4.78, 5) is 25.7. The van der Waals surface area contributed by atoms with Crippen LogP contribution in [-0.4, -0.2) is 59.4 Å². The van der Waals surface area contributed by atoms with Crippen molar-refractivity contribution >= 4 is 11.9 Å². The normalized spacial score (nSPS) is 45.4. The van der Waals surface area contributed by atoms with Gasteiger partial charge < -0.3 is 19.5 Å². The van der Waals surface area contributed by atoms with Crippen LogP contribution in [0.5, 0.6) is 0 Å². The van der Waals surface area contributed by atoms with Gasteiger partial charge >= 0.3 is 5.97 Å². The van der Waals surface area contributed by atoms with E-state index in [2.05, 4.69) is 0 Å². The van der Waals surface area contributed by atoms with Crippen LogP contribution in [-0.2, 0) is 19.1 Å². The van der Waals surface area contributed by atoms with Crippen LogP contribution in [0.2, 0.25) is 0 Å². The molecule has 0 aromatic heterocycles. The number of likely N-dealkylation sites (tertiary alicyclic amines) is 1. The number of hydrogen-bond donors (Lipinski definition) is 1. The van der Waals surface area contributed by atoms with Gasteiger partial charge in [-0.3, -0.25) is 9.59 Å². The first-order chi connectivity index (χ1) is 9.61. The zero-order valence-corrected chi connectivity index (χ0v) is 11.0. The second kappa shape index (κ2) is 4.05. The minimum atomic E-state index is -0.946. The fraction of sp³-hybridized carbons (Fsp3) is 0.714. The zero-order chi connectivity index (χ0) is 13.9. The molecule has 108 valence electrons. The molecule has 4 rings (SSSR count). The molecule has 0 saturated carbocycles. The molecule has 3 fully saturated rings. The lowest BCUT2D eigenvalue weighted by atomic mass is 9.77. The van der Waals surface area contributed by atoms with Crippen molar-refractivity contribution in [1.82, 2.24) is 4.90 Å². The molecule has 6 nitrogen and oxygen atoms in total. The van der Waals surface area contributed by atoms with Gasteiger partial charge in [0.1, 0.15) is 11.5 Å². The van der Waals surface area contributed by atoms with E-state index in [0.717, 1.165) is 19.4 Å². The van der Waals surface area contributed by atoms with Crippen LogP contribution >= 0.6 is 0 Å². The Hall–Kier alpha value is -1.40. The molecule has 0 unspecified atom stereocenters. The van der Waals surface area contributed by atoms with E-state index < -0.39 is 29.5 Å². The number of fused-ring (bicyclic) bond motifs is 1. The Kier molecular flexibility index (Phi) is 2.50. The smallest absolute Gasteiger partial charge is 0.310 e. The number of carbonyl (C=O) groups is 2. The summed E-state index contributed by atoms with van der Waals surface area (Å²) in [5.74, 6) is -2.36. The molecule has 3 saturated heterocycles. The van der Waals surface area contributed by atoms with Crippen LogP contribution in [0.25, 0.3) is 0 Å². The lowest BCUT2D eigenvalue weighted by Crippen LogP contribution is -2.39. The maximum absolute atomic E-state index is 12.6. The van der Waals surface area contributed by atoms with E-state index in [0.29, 0.717) is 13.1 Å². The van der Waals surface area contributed by atoms with Gasteiger partial charge in [-0.2, -0.15) is 0 Å². The third-order valence-corrected chi connectivity index (χ3v) is 4.91. The summed E-state index contributed by atoms with van der Waals surface area (Å²) in [6, 6.07) is 0. The van der Waals surface area contributed by atoms with E-state index in [-0.39, 0.29) is 12.0 Å². The largest absolute Gasteiger partial charge is 0.481 e. The Morgan fingerprint density at radius 2 is 2.40 bits per heavy atom. The van der Waals surface area contributed by atoms with Crippen molar-refractivity contribution < 1.29 is 24.2 Å². The van der Waals surface area contributed by atoms with Crippen molar-refractivity contribution in [3.8, 4) is 0 Å². The highest BCUT2D eigenvalue weighted by Gasteiger charge is 2.67. The highest BCUT2D eigenvalue weighted by Crippen LogP contribution is 2.51. The summed E-state index contributed by atoms with van der Waals surface area (Å²) < 4.78 is 11.4. The second-order valence-corrected chi connectivity index (χ2v) is 6.09. The van der Waals surface area contributed by atoms with Crippen molar-refractivity contribution in [2.45, 2.75) is 30.7 Å². The number of nitrogens with zero attached hydrogens (tertiary/aromatic N) is 1. The molecular weight excluding hydrogens is 262 g/mol. The van der Waals surface area contributed by atoms with Crippen molar-refractivity contribution in [2.24, 2.45) is 11.8 Å². The fourth-order valence-corrected chi connectivity index (χ4v) is 4.05. The average Bonchev–Trinajstić information content (AvgIpc) is 3.12. The van der Waals surface area contributed by atoms with Crippen molar-refractivity contribution in [1.29, 1.82) is 0 Å². The minimum Gasteiger partial charge on any atom is -0.481 e. The molecule has 0 radical (unpaired) electrons. The molecule has 5 atom stereocenters. The molecule has 20 heavy (non-hydrogen) atoms. The summed E-state index contributed by atoms with van der Waals surface area (Å²) in [7, 11) is 0. The summed E-state index contributed by atoms with van der Waals surface area (Å²) in [5.41, 5.74) is -0.719. The van der Waals surface area contributed by atoms with Gasteiger partial charge in [0.2, 0.25) is 5.91 Å². The van der Waals surface area contributed by atoms with Crippen LogP contribution in [0.3, 0.4) is 0 Å². The first kappa shape index (κ1) is 12.3. The van der Waals surface area contributed by atoms with Crippen molar-refractivity contribution in [3.63, 3.8) is 0 Å². The molecule has 0 aromatic carbocycles. The highest BCUT2D eigenvalue weighted by molar-refractivity contribution is 5.90. The van der Waals surface area contributed by atoms with Gasteiger partial charge in [0, 0.05) is 13.2 Å². The standard InChI is InChI=1S/C14H17NO5/c16-12-11-10(13(17)18)9-3-4-14(11,20-9)7-15(12)6-8-2-1-5-19-8/h3-4,8-11H,1-2,5-7H2,(H,17,18)/t8-,9-,10-,11+,14-/m1/s1. The Morgan fingerprint density at radius 1 is 1.55 bits per heavy atom. The summed E-state index contributed by atoms with van der Waals surface area (Å²) in [6.07, 6.45) is 5.29. The van der Waals surface area contributed by atoms with E-state index in [1.807, 2.05) is 6.08 Å². The second-order valence-electron chi connectivity index (χ2n) is 6.09. The molecule has 1 N–H and O–H groups in total. The molecular formula is C14H17NO5. The number of rotatable bonds is 3. The summed E-state index contributed by atoms with van der Waals surface area (Å²) in [5, 5.41) is 9.36. The maximum Gasteiger partial charge on any atom is 0.310 e. The van der Waals surface area contributed by atoms with Gasteiger partial charge in [-0.1, -0.05) is 12.2 Å². The number of hydrogen-bond acceptors (Lipinski definition) is 4. The predicted molar refractivity (Wildman–Crippen MR) is 66.9 cm³/mol. The molecule has 6 heteroatoms. The number of aliphatic carboxylic acids is 1. The topological polar surface area (TPSA) is 76.1 Å². The predicted octanol–water partition coefficient (Wildman–Crippen LogP) is 0.0320. The van der Waals surface area contributed by atoms with Gasteiger partial charge in [0.05, 0.1) is 24.7 Å². The number of amides is 1. The molecule has 1 spiro atoms. The molecule has 0 aliphatic carbocycles. The van der Waals surface area contributed by atoms with Crippen LogP contribution in [0.1, 0.15) is 12.8 Å². The fourth-order valence-electron chi connectivity index (χ4n) is 4.05. The number of carbonyl (C=O) groups excluding carboxylic acids is 1. The Balaban J connectivity index is 1.58. The van der Waals surface area contributed by atoms with E-state index >= 15 is 0 Å². The number of carboxylic acid groups (broad SMARTS) is 1. The minimum absolute atomic E-state index is 0.0821. The molecule has 0 aromatic rings. The van der Waals surface area contributed by atoms with Gasteiger partial charge in [0.25, 0.3) is 0 Å². The SMILES string of the molecule is O=C(O)[C@H]1[C@H]2C(=O)N(C[C@H]3CCCO3)C[C@]23C=C[C@H]1O3. The van der Waals surface area contributed by atoms with Crippen LogP contribution in [0, 0.1) is 11.8 Å². The Labute approximate surface area is 116 Å². The Bertz CT molecular complexity index is 498. The number of carboxylic acids is 1. The number of ether oxygens (including phenoxy) is 2. The monoisotopic (exact) mass is 279 g/mol. The third-order valence-electron chi connectivity index (χ3n) is 4.91. The van der Waals surface area contributed by atoms with Crippen molar-refractivity contribution in [2.75, 3.05) is 19.7 Å². The van der Waals surface area contributed by atoms with Crippen molar-refractivity contribution in [3.05, 3.63) is 12.2 Å². The molecule has 4 heterocycles. The van der Waals surface area contributed by atoms with E-state index in [1.54, 1.807) is 11.0 Å². The summed E-state index contributed by atoms with van der Waals surface area (Å²) >= 11 is 0. The molecule has 1 amide bonds. The zero-order valence-electron chi connectivity index (χ0n) is 11.0. The van der Waals surface area contributed by atoms with E-state index in [9.17, 15) is 14.7 Å². The van der Waals surface area contributed by atoms with Crippen LogP contribution < -0.4 is 0 Å². The Morgan fingerprint density at radius 3 is 3.10 bits per heavy atom. The van der Waals surface area contributed by atoms with Crippen LogP contribution in [0.15, 0.2) is 12.2 Å². The first-order valence-electron chi connectivity index (χ1n) is 7.11. The first-order valence-corrected chi connectivity index (χ1v) is 7.11. The van der Waals surface area contributed by atoms with E-state index in [4.69, 9.17) is 9.47 Å². The molecule has 4 aliphatic heterocycles. The lowest BCUT2D eigenvalue weighted by Gasteiger charge is -2.23. The third kappa shape index (κ3) is 1.52.